The molecule has 0 aliphatic rings. The van der Waals surface area contributed by atoms with Gasteiger partial charge in [0.1, 0.15) is 11.5 Å². The maximum Gasteiger partial charge on any atom is 0.247 e. The number of hydrogen-bond acceptors (Lipinski definition) is 6. The van der Waals surface area contributed by atoms with E-state index in [2.05, 4.69) is 15.5 Å². The molecule has 0 aliphatic heterocycles. The van der Waals surface area contributed by atoms with Crippen molar-refractivity contribution in [1.29, 1.82) is 0 Å². The van der Waals surface area contributed by atoms with E-state index in [1.807, 2.05) is 48.5 Å². The maximum atomic E-state index is 5.67. The van der Waals surface area contributed by atoms with Crippen molar-refractivity contribution >= 4 is 5.69 Å². The van der Waals surface area contributed by atoms with Gasteiger partial charge in [-0.05, 0) is 36.4 Å². The van der Waals surface area contributed by atoms with Crippen molar-refractivity contribution in [3.63, 3.8) is 0 Å². The molecule has 0 spiro atoms. The van der Waals surface area contributed by atoms with Crippen LogP contribution in [0, 0.1) is 0 Å². The normalized spacial score (nSPS) is 10.3. The van der Waals surface area contributed by atoms with Crippen LogP contribution in [0.3, 0.4) is 0 Å². The minimum absolute atomic E-state index is 0.420. The number of nitrogens with zero attached hydrogens (tertiary/aromatic N) is 2. The molecule has 0 unspecified atom stereocenters. The van der Waals surface area contributed by atoms with Crippen LogP contribution in [-0.2, 0) is 6.54 Å². The molecule has 0 amide bonds. The number of aromatic nitrogens is 2. The standard InChI is InChI=1S/C17H17N3O3/c1-21-13-9-7-12(8-10-13)17-20-19-16(23-17)11-18-14-5-3-4-6-15(14)22-2/h3-10,18H,11H2,1-2H3. The molecule has 0 fully saturated rings. The van der Waals surface area contributed by atoms with E-state index >= 15 is 0 Å². The first kappa shape index (κ1) is 14.9. The van der Waals surface area contributed by atoms with Crippen molar-refractivity contribution in [2.75, 3.05) is 19.5 Å². The van der Waals surface area contributed by atoms with Gasteiger partial charge in [-0.1, -0.05) is 12.1 Å². The van der Waals surface area contributed by atoms with Crippen LogP contribution >= 0.6 is 0 Å². The van der Waals surface area contributed by atoms with Crippen LogP contribution in [0.4, 0.5) is 5.69 Å². The maximum absolute atomic E-state index is 5.67. The molecule has 6 heteroatoms. The first-order chi connectivity index (χ1) is 11.3. The van der Waals surface area contributed by atoms with Crippen LogP contribution in [-0.4, -0.2) is 24.4 Å². The molecule has 0 bridgehead atoms. The number of para-hydroxylation sites is 2. The van der Waals surface area contributed by atoms with Gasteiger partial charge in [-0.3, -0.25) is 0 Å². The third-order valence-corrected chi connectivity index (χ3v) is 3.34. The molecular formula is C17H17N3O3. The molecule has 0 radical (unpaired) electrons. The number of ether oxygens (including phenoxy) is 2. The Morgan fingerprint density at radius 1 is 0.957 bits per heavy atom. The van der Waals surface area contributed by atoms with E-state index < -0.39 is 0 Å². The summed E-state index contributed by atoms with van der Waals surface area (Å²) in [5.41, 5.74) is 1.72. The SMILES string of the molecule is COc1ccc(-c2nnc(CNc3ccccc3OC)o2)cc1. The Balaban J connectivity index is 1.69. The van der Waals surface area contributed by atoms with E-state index in [9.17, 15) is 0 Å². The Bertz CT molecular complexity index is 769. The molecule has 3 aromatic rings. The summed E-state index contributed by atoms with van der Waals surface area (Å²) in [4.78, 5) is 0. The Morgan fingerprint density at radius 2 is 1.74 bits per heavy atom. The average molecular weight is 311 g/mol. The predicted molar refractivity (Wildman–Crippen MR) is 86.6 cm³/mol. The molecule has 1 heterocycles. The molecule has 0 saturated heterocycles. The van der Waals surface area contributed by atoms with Gasteiger partial charge in [0.25, 0.3) is 0 Å². The van der Waals surface area contributed by atoms with Crippen LogP contribution < -0.4 is 14.8 Å². The zero-order valence-electron chi connectivity index (χ0n) is 12.9. The van der Waals surface area contributed by atoms with Crippen LogP contribution in [0.25, 0.3) is 11.5 Å². The van der Waals surface area contributed by atoms with Gasteiger partial charge in [0, 0.05) is 5.56 Å². The molecule has 1 N–H and O–H groups in total. The van der Waals surface area contributed by atoms with Crippen molar-refractivity contribution in [2.24, 2.45) is 0 Å². The second-order valence-electron chi connectivity index (χ2n) is 4.78. The fourth-order valence-corrected chi connectivity index (χ4v) is 2.14. The fourth-order valence-electron chi connectivity index (χ4n) is 2.14. The van der Waals surface area contributed by atoms with Gasteiger partial charge >= 0.3 is 0 Å². The summed E-state index contributed by atoms with van der Waals surface area (Å²) >= 11 is 0. The van der Waals surface area contributed by atoms with Gasteiger partial charge in [-0.2, -0.15) is 0 Å². The minimum Gasteiger partial charge on any atom is -0.497 e. The number of anilines is 1. The van der Waals surface area contributed by atoms with Crippen LogP contribution in [0.5, 0.6) is 11.5 Å². The Hall–Kier alpha value is -3.02. The highest BCUT2D eigenvalue weighted by Gasteiger charge is 2.09. The monoisotopic (exact) mass is 311 g/mol. The summed E-state index contributed by atoms with van der Waals surface area (Å²) in [7, 11) is 3.26. The lowest BCUT2D eigenvalue weighted by Gasteiger charge is -2.08. The van der Waals surface area contributed by atoms with E-state index in [0.717, 1.165) is 22.7 Å². The third kappa shape index (κ3) is 3.42. The lowest BCUT2D eigenvalue weighted by atomic mass is 10.2. The topological polar surface area (TPSA) is 69.4 Å². The van der Waals surface area contributed by atoms with Crippen LogP contribution in [0.1, 0.15) is 5.89 Å². The largest absolute Gasteiger partial charge is 0.497 e. The summed E-state index contributed by atoms with van der Waals surface area (Å²) in [6, 6.07) is 15.1. The van der Waals surface area contributed by atoms with Crippen molar-refractivity contribution in [1.82, 2.24) is 10.2 Å². The molecule has 0 atom stereocenters. The van der Waals surface area contributed by atoms with E-state index in [1.165, 1.54) is 0 Å². The van der Waals surface area contributed by atoms with E-state index in [0.29, 0.717) is 18.3 Å². The lowest BCUT2D eigenvalue weighted by molar-refractivity contribution is 0.415. The Kier molecular flexibility index (Phi) is 4.42. The highest BCUT2D eigenvalue weighted by molar-refractivity contribution is 5.56. The van der Waals surface area contributed by atoms with Crippen molar-refractivity contribution in [2.45, 2.75) is 6.54 Å². The summed E-state index contributed by atoms with van der Waals surface area (Å²) in [6.07, 6.45) is 0. The first-order valence-corrected chi connectivity index (χ1v) is 7.14. The summed E-state index contributed by atoms with van der Waals surface area (Å²) < 4.78 is 16.1. The second-order valence-corrected chi connectivity index (χ2v) is 4.78. The summed E-state index contributed by atoms with van der Waals surface area (Å²) in [5, 5.41) is 11.3. The Labute approximate surface area is 134 Å². The second kappa shape index (κ2) is 6.83. The van der Waals surface area contributed by atoms with Gasteiger partial charge in [0.2, 0.25) is 11.8 Å². The number of rotatable bonds is 6. The van der Waals surface area contributed by atoms with Gasteiger partial charge in [-0.25, -0.2) is 0 Å². The zero-order chi connectivity index (χ0) is 16.1. The molecule has 118 valence electrons. The molecule has 6 nitrogen and oxygen atoms in total. The van der Waals surface area contributed by atoms with Crippen molar-refractivity contribution < 1.29 is 13.9 Å². The number of nitrogens with one attached hydrogen (secondary N) is 1. The molecule has 3 rings (SSSR count). The average Bonchev–Trinajstić information content (AvgIpc) is 3.09. The van der Waals surface area contributed by atoms with Crippen molar-refractivity contribution in [3.8, 4) is 23.0 Å². The Morgan fingerprint density at radius 3 is 2.48 bits per heavy atom. The van der Waals surface area contributed by atoms with Gasteiger partial charge in [0.15, 0.2) is 0 Å². The number of methoxy groups -OCH3 is 2. The quantitative estimate of drug-likeness (QED) is 0.752. The van der Waals surface area contributed by atoms with Gasteiger partial charge < -0.3 is 19.2 Å². The van der Waals surface area contributed by atoms with Gasteiger partial charge in [0.05, 0.1) is 26.5 Å². The predicted octanol–water partition coefficient (Wildman–Crippen LogP) is 3.37. The molecule has 2 aromatic carbocycles. The molecule has 0 saturated carbocycles. The molecular weight excluding hydrogens is 294 g/mol. The summed E-state index contributed by atoms with van der Waals surface area (Å²) in [6.45, 7) is 0.420. The third-order valence-electron chi connectivity index (χ3n) is 3.34. The van der Waals surface area contributed by atoms with Crippen LogP contribution in [0.2, 0.25) is 0 Å². The van der Waals surface area contributed by atoms with Gasteiger partial charge in [-0.15, -0.1) is 10.2 Å². The van der Waals surface area contributed by atoms with E-state index in [-0.39, 0.29) is 0 Å². The summed E-state index contributed by atoms with van der Waals surface area (Å²) in [5.74, 6) is 2.53. The minimum atomic E-state index is 0.420. The zero-order valence-corrected chi connectivity index (χ0v) is 12.9. The molecule has 1 aromatic heterocycles. The lowest BCUT2D eigenvalue weighted by Crippen LogP contribution is -2.01. The van der Waals surface area contributed by atoms with E-state index in [1.54, 1.807) is 14.2 Å². The fraction of sp³-hybridized carbons (Fsp3) is 0.176. The molecule has 0 aliphatic carbocycles. The number of benzene rings is 2. The van der Waals surface area contributed by atoms with E-state index in [4.69, 9.17) is 13.9 Å². The molecule has 23 heavy (non-hydrogen) atoms. The first-order valence-electron chi connectivity index (χ1n) is 7.14. The number of hydrogen-bond donors (Lipinski definition) is 1. The highest BCUT2D eigenvalue weighted by Crippen LogP contribution is 2.24. The van der Waals surface area contributed by atoms with Crippen molar-refractivity contribution in [3.05, 3.63) is 54.4 Å². The highest BCUT2D eigenvalue weighted by atomic mass is 16.5. The van der Waals surface area contributed by atoms with Crippen LogP contribution in [0.15, 0.2) is 52.9 Å². The smallest absolute Gasteiger partial charge is 0.247 e.